The Morgan fingerprint density at radius 2 is 1.87 bits per heavy atom. The lowest BCUT2D eigenvalue weighted by Gasteiger charge is -2.22. The molecule has 2 rings (SSSR count). The molecule has 1 aliphatic rings. The highest BCUT2D eigenvalue weighted by atomic mass is 32.2. The predicted octanol–water partition coefficient (Wildman–Crippen LogP) is 2.10. The Bertz CT molecular complexity index is 668. The van der Waals surface area contributed by atoms with E-state index in [9.17, 15) is 13.2 Å². The molecule has 5 nitrogen and oxygen atoms in total. The highest BCUT2D eigenvalue weighted by Crippen LogP contribution is 2.25. The van der Waals surface area contributed by atoms with E-state index in [1.54, 1.807) is 19.1 Å². The number of hydrogen-bond acceptors (Lipinski definition) is 3. The average molecular weight is 338 g/mol. The van der Waals surface area contributed by atoms with Crippen molar-refractivity contribution in [2.24, 2.45) is 0 Å². The Morgan fingerprint density at radius 1 is 1.22 bits per heavy atom. The standard InChI is InChI=1S/C17H26N2O3S/c1-4-19(12-17(20)18-13(2)3)23(21,22)16-10-9-14-7-5-6-8-15(14)11-16/h9-11,13H,4-8,12H2,1-3H3,(H,18,20). The number of nitrogens with zero attached hydrogens (tertiary/aromatic N) is 1. The topological polar surface area (TPSA) is 66.5 Å². The van der Waals surface area contributed by atoms with E-state index in [0.717, 1.165) is 31.2 Å². The van der Waals surface area contributed by atoms with Crippen LogP contribution in [0.4, 0.5) is 0 Å². The quantitative estimate of drug-likeness (QED) is 0.864. The van der Waals surface area contributed by atoms with E-state index in [2.05, 4.69) is 5.32 Å². The van der Waals surface area contributed by atoms with Crippen LogP contribution in [0, 0.1) is 0 Å². The van der Waals surface area contributed by atoms with Crippen molar-refractivity contribution in [2.75, 3.05) is 13.1 Å². The molecule has 1 N–H and O–H groups in total. The lowest BCUT2D eigenvalue weighted by atomic mass is 9.92. The van der Waals surface area contributed by atoms with Crippen molar-refractivity contribution in [3.63, 3.8) is 0 Å². The number of likely N-dealkylation sites (N-methyl/N-ethyl adjacent to an activating group) is 1. The van der Waals surface area contributed by atoms with E-state index in [1.807, 2.05) is 19.9 Å². The highest BCUT2D eigenvalue weighted by Gasteiger charge is 2.26. The van der Waals surface area contributed by atoms with Gasteiger partial charge in [0.15, 0.2) is 0 Å². The summed E-state index contributed by atoms with van der Waals surface area (Å²) in [5, 5.41) is 2.74. The van der Waals surface area contributed by atoms with Crippen molar-refractivity contribution in [3.05, 3.63) is 29.3 Å². The fraction of sp³-hybridized carbons (Fsp3) is 0.588. The Labute approximate surface area is 139 Å². The Morgan fingerprint density at radius 3 is 2.48 bits per heavy atom. The van der Waals surface area contributed by atoms with Gasteiger partial charge in [0.05, 0.1) is 11.4 Å². The fourth-order valence-corrected chi connectivity index (χ4v) is 4.37. The summed E-state index contributed by atoms with van der Waals surface area (Å²) in [6, 6.07) is 5.37. The molecule has 0 aromatic heterocycles. The smallest absolute Gasteiger partial charge is 0.243 e. The number of amides is 1. The number of rotatable bonds is 6. The van der Waals surface area contributed by atoms with Crippen LogP contribution in [0.25, 0.3) is 0 Å². The second kappa shape index (κ2) is 7.45. The minimum absolute atomic E-state index is 0.00680. The molecule has 0 radical (unpaired) electrons. The second-order valence-electron chi connectivity index (χ2n) is 6.29. The minimum atomic E-state index is -3.64. The van der Waals surface area contributed by atoms with Crippen molar-refractivity contribution < 1.29 is 13.2 Å². The first-order chi connectivity index (χ1) is 10.8. The molecular formula is C17H26N2O3S. The van der Waals surface area contributed by atoms with Gasteiger partial charge in [-0.05, 0) is 62.8 Å². The van der Waals surface area contributed by atoms with Crippen molar-refractivity contribution in [2.45, 2.75) is 57.4 Å². The number of nitrogens with one attached hydrogen (secondary N) is 1. The number of fused-ring (bicyclic) bond motifs is 1. The maximum absolute atomic E-state index is 12.8. The lowest BCUT2D eigenvalue weighted by molar-refractivity contribution is -0.121. The van der Waals surface area contributed by atoms with E-state index >= 15 is 0 Å². The van der Waals surface area contributed by atoms with E-state index in [-0.39, 0.29) is 29.9 Å². The van der Waals surface area contributed by atoms with Gasteiger partial charge in [0.2, 0.25) is 15.9 Å². The van der Waals surface area contributed by atoms with Crippen LogP contribution in [-0.4, -0.2) is 37.8 Å². The Balaban J connectivity index is 2.23. The summed E-state index contributed by atoms with van der Waals surface area (Å²) in [7, 11) is -3.64. The van der Waals surface area contributed by atoms with Gasteiger partial charge in [-0.25, -0.2) is 8.42 Å². The zero-order valence-corrected chi connectivity index (χ0v) is 14.9. The molecule has 0 bridgehead atoms. The Kier molecular flexibility index (Phi) is 5.81. The van der Waals surface area contributed by atoms with Crippen LogP contribution in [0.2, 0.25) is 0 Å². The van der Waals surface area contributed by atoms with E-state index in [4.69, 9.17) is 0 Å². The molecule has 0 atom stereocenters. The third kappa shape index (κ3) is 4.32. The van der Waals surface area contributed by atoms with Crippen molar-refractivity contribution in [3.8, 4) is 0 Å². The molecule has 1 aromatic rings. The van der Waals surface area contributed by atoms with Crippen molar-refractivity contribution >= 4 is 15.9 Å². The van der Waals surface area contributed by atoms with Crippen LogP contribution >= 0.6 is 0 Å². The van der Waals surface area contributed by atoms with Crippen LogP contribution in [0.5, 0.6) is 0 Å². The van der Waals surface area contributed by atoms with Gasteiger partial charge in [-0.2, -0.15) is 4.31 Å². The lowest BCUT2D eigenvalue weighted by Crippen LogP contribution is -2.42. The molecule has 1 aliphatic carbocycles. The van der Waals surface area contributed by atoms with Crippen molar-refractivity contribution in [1.29, 1.82) is 0 Å². The van der Waals surface area contributed by atoms with E-state index in [0.29, 0.717) is 0 Å². The van der Waals surface area contributed by atoms with Crippen LogP contribution in [0.15, 0.2) is 23.1 Å². The van der Waals surface area contributed by atoms with Gasteiger partial charge in [-0.15, -0.1) is 0 Å². The summed E-state index contributed by atoms with van der Waals surface area (Å²) in [6.45, 7) is 5.58. The molecule has 1 aromatic carbocycles. The average Bonchev–Trinajstić information content (AvgIpc) is 2.51. The van der Waals surface area contributed by atoms with Gasteiger partial charge < -0.3 is 5.32 Å². The molecule has 0 saturated carbocycles. The minimum Gasteiger partial charge on any atom is -0.353 e. The first-order valence-electron chi connectivity index (χ1n) is 8.26. The van der Waals surface area contributed by atoms with Crippen LogP contribution in [-0.2, 0) is 27.7 Å². The van der Waals surface area contributed by atoms with Crippen LogP contribution in [0.3, 0.4) is 0 Å². The molecule has 23 heavy (non-hydrogen) atoms. The summed E-state index contributed by atoms with van der Waals surface area (Å²) in [4.78, 5) is 12.2. The van der Waals surface area contributed by atoms with Gasteiger partial charge in [-0.3, -0.25) is 4.79 Å². The third-order valence-electron chi connectivity index (χ3n) is 4.08. The fourth-order valence-electron chi connectivity index (χ4n) is 2.91. The molecule has 0 fully saturated rings. The second-order valence-corrected chi connectivity index (χ2v) is 8.23. The molecule has 0 aliphatic heterocycles. The summed E-state index contributed by atoms with van der Waals surface area (Å²) >= 11 is 0. The summed E-state index contributed by atoms with van der Waals surface area (Å²) in [6.07, 6.45) is 4.21. The summed E-state index contributed by atoms with van der Waals surface area (Å²) < 4.78 is 26.9. The zero-order chi connectivity index (χ0) is 17.0. The molecular weight excluding hydrogens is 312 g/mol. The molecule has 0 spiro atoms. The molecule has 6 heteroatoms. The number of carbonyl (C=O) groups is 1. The first kappa shape index (κ1) is 17.9. The largest absolute Gasteiger partial charge is 0.353 e. The molecule has 0 saturated heterocycles. The van der Waals surface area contributed by atoms with Crippen molar-refractivity contribution in [1.82, 2.24) is 9.62 Å². The van der Waals surface area contributed by atoms with Gasteiger partial charge in [0.25, 0.3) is 0 Å². The van der Waals surface area contributed by atoms with Gasteiger partial charge in [0, 0.05) is 12.6 Å². The normalized spacial score (nSPS) is 14.8. The monoisotopic (exact) mass is 338 g/mol. The third-order valence-corrected chi connectivity index (χ3v) is 6.00. The SMILES string of the molecule is CCN(CC(=O)NC(C)C)S(=O)(=O)c1ccc2c(c1)CCCC2. The Hall–Kier alpha value is -1.40. The first-order valence-corrected chi connectivity index (χ1v) is 9.70. The molecule has 1 amide bonds. The maximum atomic E-state index is 12.8. The van der Waals surface area contributed by atoms with E-state index < -0.39 is 10.0 Å². The maximum Gasteiger partial charge on any atom is 0.243 e. The van der Waals surface area contributed by atoms with Gasteiger partial charge in [0.1, 0.15) is 0 Å². The molecule has 0 heterocycles. The zero-order valence-electron chi connectivity index (χ0n) is 14.1. The summed E-state index contributed by atoms with van der Waals surface area (Å²) in [5.74, 6) is -0.275. The number of aryl methyl sites for hydroxylation is 2. The van der Waals surface area contributed by atoms with Crippen LogP contribution in [0.1, 0.15) is 44.7 Å². The number of carbonyl (C=O) groups excluding carboxylic acids is 1. The van der Waals surface area contributed by atoms with E-state index in [1.165, 1.54) is 9.87 Å². The molecule has 0 unspecified atom stereocenters. The predicted molar refractivity (Wildman–Crippen MR) is 90.8 cm³/mol. The molecule has 128 valence electrons. The number of benzene rings is 1. The summed E-state index contributed by atoms with van der Waals surface area (Å²) in [5.41, 5.74) is 2.37. The number of hydrogen-bond donors (Lipinski definition) is 1. The highest BCUT2D eigenvalue weighted by molar-refractivity contribution is 7.89. The number of sulfonamides is 1. The van der Waals surface area contributed by atoms with Gasteiger partial charge in [-0.1, -0.05) is 13.0 Å². The van der Waals surface area contributed by atoms with Crippen LogP contribution < -0.4 is 5.32 Å². The van der Waals surface area contributed by atoms with Gasteiger partial charge >= 0.3 is 0 Å².